The SMILES string of the molecule is CCC[C@@H]([C@H](C)COC)C(F)(F)F. The highest BCUT2D eigenvalue weighted by atomic mass is 19.4. The highest BCUT2D eigenvalue weighted by Crippen LogP contribution is 2.35. The largest absolute Gasteiger partial charge is 0.392 e. The second-order valence-corrected chi connectivity index (χ2v) is 3.37. The standard InChI is InChI=1S/C9H17F3O/c1-4-5-8(9(10,11)12)7(2)6-13-3/h7-8H,4-6H2,1-3H3/t7-,8+/m1/s1. The first kappa shape index (κ1) is 12.8. The van der Waals surface area contributed by atoms with Crippen LogP contribution in [0, 0.1) is 11.8 Å². The van der Waals surface area contributed by atoms with Crippen LogP contribution in [-0.4, -0.2) is 19.9 Å². The van der Waals surface area contributed by atoms with Crippen LogP contribution in [0.4, 0.5) is 13.2 Å². The molecular weight excluding hydrogens is 181 g/mol. The van der Waals surface area contributed by atoms with Gasteiger partial charge in [0.2, 0.25) is 0 Å². The molecule has 0 radical (unpaired) electrons. The molecule has 0 saturated carbocycles. The summed E-state index contributed by atoms with van der Waals surface area (Å²) < 4.78 is 42.0. The Morgan fingerprint density at radius 3 is 2.15 bits per heavy atom. The van der Waals surface area contributed by atoms with E-state index in [0.29, 0.717) is 6.42 Å². The third-order valence-electron chi connectivity index (χ3n) is 2.14. The van der Waals surface area contributed by atoms with Crippen LogP contribution >= 0.6 is 0 Å². The van der Waals surface area contributed by atoms with E-state index >= 15 is 0 Å². The molecule has 1 nitrogen and oxygen atoms in total. The van der Waals surface area contributed by atoms with Crippen molar-refractivity contribution in [3.8, 4) is 0 Å². The summed E-state index contributed by atoms with van der Waals surface area (Å²) in [5, 5.41) is 0. The van der Waals surface area contributed by atoms with Crippen molar-refractivity contribution in [3.05, 3.63) is 0 Å². The Morgan fingerprint density at radius 1 is 1.31 bits per heavy atom. The Hall–Kier alpha value is -0.250. The maximum absolute atomic E-state index is 12.4. The fourth-order valence-corrected chi connectivity index (χ4v) is 1.46. The van der Waals surface area contributed by atoms with Crippen LogP contribution in [-0.2, 0) is 4.74 Å². The first-order valence-corrected chi connectivity index (χ1v) is 4.49. The van der Waals surface area contributed by atoms with Crippen LogP contribution in [0.3, 0.4) is 0 Å². The number of alkyl halides is 3. The zero-order chi connectivity index (χ0) is 10.5. The van der Waals surface area contributed by atoms with Crippen molar-refractivity contribution in [1.29, 1.82) is 0 Å². The molecule has 0 saturated heterocycles. The van der Waals surface area contributed by atoms with E-state index in [1.165, 1.54) is 7.11 Å². The third kappa shape index (κ3) is 4.50. The van der Waals surface area contributed by atoms with E-state index in [9.17, 15) is 13.2 Å². The predicted octanol–water partition coefficient (Wildman–Crippen LogP) is 3.25. The molecule has 0 aromatic heterocycles. The number of methoxy groups -OCH3 is 1. The van der Waals surface area contributed by atoms with Crippen molar-refractivity contribution in [2.45, 2.75) is 32.9 Å². The van der Waals surface area contributed by atoms with E-state index < -0.39 is 18.0 Å². The third-order valence-corrected chi connectivity index (χ3v) is 2.14. The maximum atomic E-state index is 12.4. The summed E-state index contributed by atoms with van der Waals surface area (Å²) in [4.78, 5) is 0. The zero-order valence-corrected chi connectivity index (χ0v) is 8.32. The Balaban J connectivity index is 4.23. The van der Waals surface area contributed by atoms with Crippen molar-refractivity contribution >= 4 is 0 Å². The molecule has 0 aromatic carbocycles. The number of halogens is 3. The van der Waals surface area contributed by atoms with E-state index in [1.807, 2.05) is 0 Å². The molecule has 0 aliphatic rings. The lowest BCUT2D eigenvalue weighted by molar-refractivity contribution is -0.193. The van der Waals surface area contributed by atoms with Gasteiger partial charge in [-0.05, 0) is 12.3 Å². The molecule has 13 heavy (non-hydrogen) atoms. The molecule has 0 bridgehead atoms. The van der Waals surface area contributed by atoms with Crippen molar-refractivity contribution in [3.63, 3.8) is 0 Å². The summed E-state index contributed by atoms with van der Waals surface area (Å²) in [6, 6.07) is 0. The molecule has 0 aliphatic carbocycles. The Labute approximate surface area is 77.3 Å². The number of hydrogen-bond donors (Lipinski definition) is 0. The van der Waals surface area contributed by atoms with Crippen LogP contribution in [0.5, 0.6) is 0 Å². The Morgan fingerprint density at radius 2 is 1.85 bits per heavy atom. The number of hydrogen-bond acceptors (Lipinski definition) is 1. The van der Waals surface area contributed by atoms with Crippen LogP contribution in [0.2, 0.25) is 0 Å². The summed E-state index contributed by atoms with van der Waals surface area (Å²) in [7, 11) is 1.43. The van der Waals surface area contributed by atoms with Crippen LogP contribution in [0.15, 0.2) is 0 Å². The molecule has 0 unspecified atom stereocenters. The van der Waals surface area contributed by atoms with Crippen molar-refractivity contribution in [1.82, 2.24) is 0 Å². The lowest BCUT2D eigenvalue weighted by atomic mass is 9.90. The van der Waals surface area contributed by atoms with Gasteiger partial charge >= 0.3 is 6.18 Å². The fraction of sp³-hybridized carbons (Fsp3) is 1.00. The smallest absolute Gasteiger partial charge is 0.384 e. The van der Waals surface area contributed by atoms with Gasteiger partial charge < -0.3 is 4.74 Å². The van der Waals surface area contributed by atoms with E-state index in [1.54, 1.807) is 13.8 Å². The second kappa shape index (κ2) is 5.47. The van der Waals surface area contributed by atoms with Gasteiger partial charge in [-0.25, -0.2) is 0 Å². The molecule has 2 atom stereocenters. The Bertz CT molecular complexity index is 133. The van der Waals surface area contributed by atoms with Crippen LogP contribution in [0.1, 0.15) is 26.7 Å². The molecule has 0 amide bonds. The topological polar surface area (TPSA) is 9.23 Å². The van der Waals surface area contributed by atoms with Crippen LogP contribution < -0.4 is 0 Å². The molecule has 0 aromatic rings. The summed E-state index contributed by atoms with van der Waals surface area (Å²) in [6.07, 6.45) is -3.35. The lowest BCUT2D eigenvalue weighted by Crippen LogP contribution is -2.31. The second-order valence-electron chi connectivity index (χ2n) is 3.37. The number of rotatable bonds is 5. The zero-order valence-electron chi connectivity index (χ0n) is 8.32. The van der Waals surface area contributed by atoms with E-state index in [2.05, 4.69) is 0 Å². The first-order valence-electron chi connectivity index (χ1n) is 4.49. The minimum atomic E-state index is -4.09. The summed E-state index contributed by atoms with van der Waals surface area (Å²) in [5.41, 5.74) is 0. The van der Waals surface area contributed by atoms with Crippen molar-refractivity contribution in [2.24, 2.45) is 11.8 Å². The molecular formula is C9H17F3O. The van der Waals surface area contributed by atoms with Gasteiger partial charge in [0.1, 0.15) is 0 Å². The van der Waals surface area contributed by atoms with Gasteiger partial charge in [-0.3, -0.25) is 0 Å². The average molecular weight is 198 g/mol. The molecule has 0 N–H and O–H groups in total. The average Bonchev–Trinajstić information content (AvgIpc) is 1.98. The van der Waals surface area contributed by atoms with E-state index in [-0.39, 0.29) is 13.0 Å². The van der Waals surface area contributed by atoms with Gasteiger partial charge in [0.05, 0.1) is 5.92 Å². The molecule has 0 aliphatic heterocycles. The van der Waals surface area contributed by atoms with Gasteiger partial charge in [0.25, 0.3) is 0 Å². The maximum Gasteiger partial charge on any atom is 0.392 e. The van der Waals surface area contributed by atoms with Gasteiger partial charge in [-0.2, -0.15) is 13.2 Å². The molecule has 0 heterocycles. The summed E-state index contributed by atoms with van der Waals surface area (Å²) in [5.74, 6) is -1.68. The first-order chi connectivity index (χ1) is 5.93. The molecule has 0 fully saturated rings. The molecule has 4 heteroatoms. The van der Waals surface area contributed by atoms with Crippen molar-refractivity contribution in [2.75, 3.05) is 13.7 Å². The van der Waals surface area contributed by atoms with Gasteiger partial charge in [0.15, 0.2) is 0 Å². The monoisotopic (exact) mass is 198 g/mol. The fourth-order valence-electron chi connectivity index (χ4n) is 1.46. The lowest BCUT2D eigenvalue weighted by Gasteiger charge is -2.25. The number of ether oxygens (including phenoxy) is 1. The van der Waals surface area contributed by atoms with E-state index in [4.69, 9.17) is 4.74 Å². The molecule has 80 valence electrons. The minimum absolute atomic E-state index is 0.171. The van der Waals surface area contributed by atoms with Gasteiger partial charge in [-0.15, -0.1) is 0 Å². The highest BCUT2D eigenvalue weighted by Gasteiger charge is 2.41. The molecule has 0 rings (SSSR count). The van der Waals surface area contributed by atoms with Crippen LogP contribution in [0.25, 0.3) is 0 Å². The summed E-state index contributed by atoms with van der Waals surface area (Å²) in [6.45, 7) is 3.51. The van der Waals surface area contributed by atoms with Gasteiger partial charge in [-0.1, -0.05) is 20.3 Å². The highest BCUT2D eigenvalue weighted by molar-refractivity contribution is 4.72. The van der Waals surface area contributed by atoms with Gasteiger partial charge in [0, 0.05) is 13.7 Å². The molecule has 0 spiro atoms. The quantitative estimate of drug-likeness (QED) is 0.659. The Kier molecular flexibility index (Phi) is 5.37. The normalized spacial score (nSPS) is 17.1. The van der Waals surface area contributed by atoms with E-state index in [0.717, 1.165) is 0 Å². The predicted molar refractivity (Wildman–Crippen MR) is 45.5 cm³/mol. The summed E-state index contributed by atoms with van der Waals surface area (Å²) >= 11 is 0. The van der Waals surface area contributed by atoms with Crippen molar-refractivity contribution < 1.29 is 17.9 Å². The minimum Gasteiger partial charge on any atom is -0.384 e.